The number of carboxylic acids is 1. The zero-order chi connectivity index (χ0) is 21.0. The lowest BCUT2D eigenvalue weighted by molar-refractivity contribution is -0.195. The number of ether oxygens (including phenoxy) is 2. The number of aliphatic hydroxyl groups excluding tert-OH is 1. The molecule has 162 valence electrons. The number of carboxylic acid groups (broad SMARTS) is 1. The molecule has 0 spiro atoms. The molecule has 1 saturated heterocycles. The third kappa shape index (κ3) is 5.21. The minimum Gasteiger partial charge on any atom is -0.504 e. The van der Waals surface area contributed by atoms with Crippen LogP contribution >= 0.6 is 0 Å². The van der Waals surface area contributed by atoms with Crippen LogP contribution in [0, 0.1) is 0 Å². The van der Waals surface area contributed by atoms with Gasteiger partial charge in [-0.15, -0.1) is 0 Å². The van der Waals surface area contributed by atoms with Crippen LogP contribution in [0.15, 0.2) is 12.1 Å². The van der Waals surface area contributed by atoms with E-state index in [0.717, 1.165) is 56.3 Å². The number of aliphatic hydroxyl groups is 1. The molecule has 4 unspecified atom stereocenters. The fourth-order valence-electron chi connectivity index (χ4n) is 4.51. The van der Waals surface area contributed by atoms with Gasteiger partial charge < -0.3 is 29.7 Å². The smallest absolute Gasteiger partial charge is 0.333 e. The van der Waals surface area contributed by atoms with Crippen molar-refractivity contribution in [3.8, 4) is 11.5 Å². The number of hydrogen-bond acceptors (Lipinski definition) is 6. The van der Waals surface area contributed by atoms with Crippen molar-refractivity contribution in [2.75, 3.05) is 13.1 Å². The van der Waals surface area contributed by atoms with E-state index in [-0.39, 0.29) is 18.6 Å². The van der Waals surface area contributed by atoms with Gasteiger partial charge in [-0.3, -0.25) is 0 Å². The van der Waals surface area contributed by atoms with Crippen LogP contribution in [0.4, 0.5) is 0 Å². The fourth-order valence-corrected chi connectivity index (χ4v) is 4.51. The van der Waals surface area contributed by atoms with Gasteiger partial charge >= 0.3 is 5.97 Å². The SMILES string of the molecule is CCCN(CCC)C1CCc2c(ccc(O)c2OC2CC(O)CC(C(=O)O)O2)C1. The lowest BCUT2D eigenvalue weighted by Gasteiger charge is -2.36. The molecule has 1 fully saturated rings. The maximum atomic E-state index is 11.3. The van der Waals surface area contributed by atoms with Crippen molar-refractivity contribution in [1.29, 1.82) is 0 Å². The Morgan fingerprint density at radius 3 is 2.62 bits per heavy atom. The quantitative estimate of drug-likeness (QED) is 0.609. The molecule has 29 heavy (non-hydrogen) atoms. The number of carbonyl (C=O) groups is 1. The number of benzene rings is 1. The number of aliphatic carboxylic acids is 1. The third-order valence-electron chi connectivity index (χ3n) is 5.85. The Hall–Kier alpha value is -1.83. The summed E-state index contributed by atoms with van der Waals surface area (Å²) in [5, 5.41) is 29.6. The molecule has 1 aromatic rings. The maximum absolute atomic E-state index is 11.3. The topological polar surface area (TPSA) is 99.5 Å². The van der Waals surface area contributed by atoms with Crippen molar-refractivity contribution in [2.45, 2.75) is 83.3 Å². The normalized spacial score (nSPS) is 26.9. The molecule has 2 aliphatic rings. The summed E-state index contributed by atoms with van der Waals surface area (Å²) in [6.45, 7) is 6.57. The average Bonchev–Trinajstić information content (AvgIpc) is 2.69. The minimum absolute atomic E-state index is 0.0247. The standard InChI is InChI=1S/C22H33NO6/c1-3-9-23(10-4-2)15-6-7-17-14(11-15)5-8-18(25)21(17)29-20-13-16(24)12-19(28-20)22(26)27/h5,8,15-16,19-20,24-25H,3-4,6-7,9-13H2,1-2H3,(H,26,27). The first-order valence-corrected chi connectivity index (χ1v) is 10.7. The van der Waals surface area contributed by atoms with Gasteiger partial charge in [-0.05, 0) is 56.8 Å². The molecule has 0 saturated carbocycles. The Kier molecular flexibility index (Phi) is 7.38. The molecule has 7 nitrogen and oxygen atoms in total. The van der Waals surface area contributed by atoms with Gasteiger partial charge in [0.05, 0.1) is 6.10 Å². The number of nitrogens with zero attached hydrogens (tertiary/aromatic N) is 1. The highest BCUT2D eigenvalue weighted by Crippen LogP contribution is 2.39. The lowest BCUT2D eigenvalue weighted by atomic mass is 9.86. The van der Waals surface area contributed by atoms with Crippen molar-refractivity contribution in [3.05, 3.63) is 23.3 Å². The molecule has 1 heterocycles. The van der Waals surface area contributed by atoms with Gasteiger partial charge in [0.1, 0.15) is 0 Å². The minimum atomic E-state index is -1.12. The second-order valence-corrected chi connectivity index (χ2v) is 8.12. The number of phenols is 1. The van der Waals surface area contributed by atoms with Crippen molar-refractivity contribution in [1.82, 2.24) is 4.90 Å². The van der Waals surface area contributed by atoms with E-state index in [1.165, 1.54) is 0 Å². The summed E-state index contributed by atoms with van der Waals surface area (Å²) < 4.78 is 11.4. The first-order valence-electron chi connectivity index (χ1n) is 10.7. The van der Waals surface area contributed by atoms with Crippen LogP contribution in [0.2, 0.25) is 0 Å². The number of hydrogen-bond donors (Lipinski definition) is 3. The molecule has 0 bridgehead atoms. The van der Waals surface area contributed by atoms with Gasteiger partial charge in [0.15, 0.2) is 17.6 Å². The van der Waals surface area contributed by atoms with Crippen molar-refractivity contribution >= 4 is 5.97 Å². The van der Waals surface area contributed by atoms with Gasteiger partial charge in [-0.1, -0.05) is 19.9 Å². The van der Waals surface area contributed by atoms with E-state index in [9.17, 15) is 20.1 Å². The summed E-state index contributed by atoms with van der Waals surface area (Å²) in [5.74, 6) is -0.732. The van der Waals surface area contributed by atoms with E-state index in [0.29, 0.717) is 11.8 Å². The molecule has 7 heteroatoms. The van der Waals surface area contributed by atoms with Crippen LogP contribution in [0.25, 0.3) is 0 Å². The third-order valence-corrected chi connectivity index (χ3v) is 5.85. The van der Waals surface area contributed by atoms with Crippen LogP contribution in [0.3, 0.4) is 0 Å². The summed E-state index contributed by atoms with van der Waals surface area (Å²) >= 11 is 0. The Morgan fingerprint density at radius 1 is 1.24 bits per heavy atom. The Balaban J connectivity index is 1.77. The first kappa shape index (κ1) is 21.9. The van der Waals surface area contributed by atoms with Crippen LogP contribution in [0.5, 0.6) is 11.5 Å². The molecular weight excluding hydrogens is 374 g/mol. The number of rotatable bonds is 8. The molecule has 1 aliphatic heterocycles. The number of aromatic hydroxyl groups is 1. The Bertz CT molecular complexity index is 703. The average molecular weight is 408 g/mol. The zero-order valence-corrected chi connectivity index (χ0v) is 17.3. The van der Waals surface area contributed by atoms with E-state index in [2.05, 4.69) is 18.7 Å². The highest BCUT2D eigenvalue weighted by atomic mass is 16.7. The van der Waals surface area contributed by atoms with E-state index in [1.54, 1.807) is 6.07 Å². The van der Waals surface area contributed by atoms with Crippen molar-refractivity contribution in [2.24, 2.45) is 0 Å². The van der Waals surface area contributed by atoms with Gasteiger partial charge in [-0.2, -0.15) is 0 Å². The largest absolute Gasteiger partial charge is 0.504 e. The molecule has 4 atom stereocenters. The molecule has 3 rings (SSSR count). The van der Waals surface area contributed by atoms with E-state index in [1.807, 2.05) is 6.07 Å². The van der Waals surface area contributed by atoms with Gasteiger partial charge in [-0.25, -0.2) is 4.79 Å². The summed E-state index contributed by atoms with van der Waals surface area (Å²) in [4.78, 5) is 13.8. The fraction of sp³-hybridized carbons (Fsp3) is 0.682. The Labute approximate surface area is 172 Å². The van der Waals surface area contributed by atoms with E-state index < -0.39 is 24.5 Å². The molecule has 1 aliphatic carbocycles. The first-order chi connectivity index (χ1) is 13.9. The molecule has 0 amide bonds. The molecular formula is C22H33NO6. The molecule has 0 radical (unpaired) electrons. The van der Waals surface area contributed by atoms with E-state index >= 15 is 0 Å². The Morgan fingerprint density at radius 2 is 1.97 bits per heavy atom. The van der Waals surface area contributed by atoms with Crippen molar-refractivity contribution < 1.29 is 29.6 Å². The molecule has 1 aromatic carbocycles. The summed E-state index contributed by atoms with van der Waals surface area (Å²) in [6, 6.07) is 4.06. The lowest BCUT2D eigenvalue weighted by Crippen LogP contribution is -2.43. The van der Waals surface area contributed by atoms with Crippen LogP contribution in [0.1, 0.15) is 57.1 Å². The highest BCUT2D eigenvalue weighted by molar-refractivity contribution is 5.72. The second kappa shape index (κ2) is 9.78. The van der Waals surface area contributed by atoms with Crippen LogP contribution in [-0.4, -0.2) is 63.8 Å². The van der Waals surface area contributed by atoms with Crippen molar-refractivity contribution in [3.63, 3.8) is 0 Å². The zero-order valence-electron chi connectivity index (χ0n) is 17.3. The highest BCUT2D eigenvalue weighted by Gasteiger charge is 2.35. The van der Waals surface area contributed by atoms with Gasteiger partial charge in [0.25, 0.3) is 0 Å². The number of fused-ring (bicyclic) bond motifs is 1. The van der Waals surface area contributed by atoms with Crippen LogP contribution < -0.4 is 4.74 Å². The van der Waals surface area contributed by atoms with Gasteiger partial charge in [0.2, 0.25) is 6.29 Å². The predicted molar refractivity (Wildman–Crippen MR) is 108 cm³/mol. The number of phenolic OH excluding ortho intramolecular Hbond substituents is 1. The van der Waals surface area contributed by atoms with E-state index in [4.69, 9.17) is 9.47 Å². The van der Waals surface area contributed by atoms with Crippen LogP contribution in [-0.2, 0) is 22.4 Å². The second-order valence-electron chi connectivity index (χ2n) is 8.12. The van der Waals surface area contributed by atoms with Gasteiger partial charge in [0, 0.05) is 24.4 Å². The summed E-state index contributed by atoms with van der Waals surface area (Å²) in [5.41, 5.74) is 2.11. The molecule has 0 aromatic heterocycles. The summed E-state index contributed by atoms with van der Waals surface area (Å²) in [6.07, 6.45) is 2.33. The monoisotopic (exact) mass is 407 g/mol. The molecule has 3 N–H and O–H groups in total. The maximum Gasteiger partial charge on any atom is 0.333 e. The predicted octanol–water partition coefficient (Wildman–Crippen LogP) is 2.70. The summed E-state index contributed by atoms with van der Waals surface area (Å²) in [7, 11) is 0.